The van der Waals surface area contributed by atoms with Crippen LogP contribution in [0.1, 0.15) is 17.3 Å². The van der Waals surface area contributed by atoms with Gasteiger partial charge in [0.05, 0.1) is 10.9 Å². The summed E-state index contributed by atoms with van der Waals surface area (Å²) in [5, 5.41) is 4.06. The number of nitrogen functional groups attached to an aromatic ring is 1. The van der Waals surface area contributed by atoms with Gasteiger partial charge in [0.2, 0.25) is 5.16 Å². The first-order chi connectivity index (χ1) is 12.8. The van der Waals surface area contributed by atoms with E-state index < -0.39 is 22.3 Å². The topological polar surface area (TPSA) is 118 Å². The lowest BCUT2D eigenvalue weighted by atomic mass is 10.1. The van der Waals surface area contributed by atoms with E-state index >= 15 is 0 Å². The molecule has 3 rings (SSSR count). The second kappa shape index (κ2) is 7.23. The number of hydrogen-bond acceptors (Lipinski definition) is 7. The van der Waals surface area contributed by atoms with Crippen LogP contribution in [-0.4, -0.2) is 34.9 Å². The molecule has 0 aliphatic heterocycles. The molecule has 1 unspecified atom stereocenters. The molecule has 0 amide bonds. The number of carbonyl (C=O) groups excluding carboxylic acids is 1. The predicted molar refractivity (Wildman–Crippen MR) is 102 cm³/mol. The molecule has 0 fully saturated rings. The van der Waals surface area contributed by atoms with Crippen LogP contribution in [0.5, 0.6) is 0 Å². The Morgan fingerprint density at radius 1 is 1.15 bits per heavy atom. The fourth-order valence-corrected chi connectivity index (χ4v) is 3.30. The first-order valence-electron chi connectivity index (χ1n) is 8.04. The molecule has 0 bridgehead atoms. The molecule has 3 aromatic rings. The van der Waals surface area contributed by atoms with Crippen LogP contribution in [-0.2, 0) is 14.1 Å². The van der Waals surface area contributed by atoms with Gasteiger partial charge in [0, 0.05) is 14.1 Å². The average molecular weight is 386 g/mol. The first-order valence-corrected chi connectivity index (χ1v) is 8.92. The molecule has 2 heterocycles. The van der Waals surface area contributed by atoms with Crippen LogP contribution in [0.25, 0.3) is 5.69 Å². The molecule has 9 nitrogen and oxygen atoms in total. The maximum atomic E-state index is 12.8. The van der Waals surface area contributed by atoms with E-state index in [4.69, 9.17) is 5.73 Å². The molecule has 140 valence electrons. The minimum Gasteiger partial charge on any atom is -0.384 e. The third kappa shape index (κ3) is 3.43. The van der Waals surface area contributed by atoms with E-state index in [0.717, 1.165) is 26.6 Å². The standard InChI is InChI=1S/C17H18N6O3S/c1-10(13(24)12-14(18)21(2)17(26)22(3)15(12)25)27-16-19-9-23(20-16)11-7-5-4-6-8-11/h4-10H,18H2,1-3H3. The zero-order valence-electron chi connectivity index (χ0n) is 15.0. The number of rotatable bonds is 5. The molecule has 2 N–H and O–H groups in total. The molecule has 10 heteroatoms. The smallest absolute Gasteiger partial charge is 0.332 e. The van der Waals surface area contributed by atoms with E-state index in [2.05, 4.69) is 10.1 Å². The van der Waals surface area contributed by atoms with Gasteiger partial charge in [0.15, 0.2) is 5.78 Å². The zero-order valence-corrected chi connectivity index (χ0v) is 15.8. The van der Waals surface area contributed by atoms with Crippen molar-refractivity contribution < 1.29 is 4.79 Å². The van der Waals surface area contributed by atoms with Gasteiger partial charge in [-0.1, -0.05) is 30.0 Å². The van der Waals surface area contributed by atoms with Gasteiger partial charge < -0.3 is 5.73 Å². The van der Waals surface area contributed by atoms with Crippen molar-refractivity contribution in [3.8, 4) is 5.69 Å². The predicted octanol–water partition coefficient (Wildman–Crippen LogP) is 0.610. The Bertz CT molecular complexity index is 1120. The van der Waals surface area contributed by atoms with E-state index in [1.54, 1.807) is 17.9 Å². The fourth-order valence-electron chi connectivity index (χ4n) is 2.51. The molecule has 0 saturated carbocycles. The highest BCUT2D eigenvalue weighted by Gasteiger charge is 2.26. The van der Waals surface area contributed by atoms with Crippen molar-refractivity contribution in [2.45, 2.75) is 17.3 Å². The molecular weight excluding hydrogens is 368 g/mol. The molecule has 0 aliphatic rings. The summed E-state index contributed by atoms with van der Waals surface area (Å²) in [4.78, 5) is 41.2. The number of nitrogens with two attached hydrogens (primary N) is 1. The molecule has 0 spiro atoms. The van der Waals surface area contributed by atoms with Gasteiger partial charge in [-0.05, 0) is 19.1 Å². The van der Waals surface area contributed by atoms with Crippen LogP contribution in [0.15, 0.2) is 51.4 Å². The first kappa shape index (κ1) is 18.6. The Morgan fingerprint density at radius 3 is 2.48 bits per heavy atom. The summed E-state index contributed by atoms with van der Waals surface area (Å²) in [6, 6.07) is 9.43. The molecule has 2 aromatic heterocycles. The molecule has 0 aliphatic carbocycles. The molecule has 0 radical (unpaired) electrons. The van der Waals surface area contributed by atoms with Gasteiger partial charge >= 0.3 is 5.69 Å². The number of nitrogens with zero attached hydrogens (tertiary/aromatic N) is 5. The van der Waals surface area contributed by atoms with Crippen LogP contribution in [0.3, 0.4) is 0 Å². The van der Waals surface area contributed by atoms with Gasteiger partial charge in [-0.25, -0.2) is 14.5 Å². The highest BCUT2D eigenvalue weighted by Crippen LogP contribution is 2.23. The van der Waals surface area contributed by atoms with Gasteiger partial charge in [0.1, 0.15) is 17.7 Å². The molecular formula is C17H18N6O3S. The lowest BCUT2D eigenvalue weighted by Gasteiger charge is -2.13. The van der Waals surface area contributed by atoms with Gasteiger partial charge in [-0.2, -0.15) is 0 Å². The Labute approximate surface area is 158 Å². The molecule has 27 heavy (non-hydrogen) atoms. The van der Waals surface area contributed by atoms with E-state index in [1.165, 1.54) is 14.1 Å². The van der Waals surface area contributed by atoms with E-state index in [-0.39, 0.29) is 11.4 Å². The minimum absolute atomic E-state index is 0.150. The second-order valence-electron chi connectivity index (χ2n) is 5.90. The normalized spacial score (nSPS) is 12.1. The van der Waals surface area contributed by atoms with E-state index in [9.17, 15) is 14.4 Å². The molecule has 1 atom stereocenters. The number of Topliss-reactive ketones (excluding diaryl/α,β-unsaturated/α-hetero) is 1. The maximum absolute atomic E-state index is 12.8. The number of aromatic nitrogens is 5. The van der Waals surface area contributed by atoms with Gasteiger partial charge in [0.25, 0.3) is 5.56 Å². The lowest BCUT2D eigenvalue weighted by Crippen LogP contribution is -2.42. The average Bonchev–Trinajstić information content (AvgIpc) is 3.14. The SMILES string of the molecule is CC(Sc1ncn(-c2ccccc2)n1)C(=O)c1c(N)n(C)c(=O)n(C)c1=O. The van der Waals surface area contributed by atoms with E-state index in [1.807, 2.05) is 30.3 Å². The minimum atomic E-state index is -0.712. The van der Waals surface area contributed by atoms with Gasteiger partial charge in [-0.3, -0.25) is 18.7 Å². The van der Waals surface area contributed by atoms with Crippen molar-refractivity contribution in [2.75, 3.05) is 5.73 Å². The van der Waals surface area contributed by atoms with Crippen molar-refractivity contribution in [2.24, 2.45) is 14.1 Å². The van der Waals surface area contributed by atoms with Crippen molar-refractivity contribution in [3.63, 3.8) is 0 Å². The lowest BCUT2D eigenvalue weighted by molar-refractivity contribution is 0.0992. The van der Waals surface area contributed by atoms with Crippen LogP contribution >= 0.6 is 11.8 Å². The van der Waals surface area contributed by atoms with E-state index in [0.29, 0.717) is 5.16 Å². The van der Waals surface area contributed by atoms with Crippen molar-refractivity contribution >= 4 is 23.4 Å². The molecule has 0 saturated heterocycles. The summed E-state index contributed by atoms with van der Waals surface area (Å²) in [6.45, 7) is 1.64. The largest absolute Gasteiger partial charge is 0.384 e. The highest BCUT2D eigenvalue weighted by molar-refractivity contribution is 8.00. The zero-order chi connectivity index (χ0) is 19.7. The van der Waals surface area contributed by atoms with Crippen LogP contribution in [0, 0.1) is 0 Å². The summed E-state index contributed by atoms with van der Waals surface area (Å²) >= 11 is 1.11. The second-order valence-corrected chi connectivity index (χ2v) is 7.21. The molecule has 1 aromatic carbocycles. The summed E-state index contributed by atoms with van der Waals surface area (Å²) < 4.78 is 3.54. The van der Waals surface area contributed by atoms with Crippen LogP contribution in [0.2, 0.25) is 0 Å². The highest BCUT2D eigenvalue weighted by atomic mass is 32.2. The third-order valence-corrected chi connectivity index (χ3v) is 5.06. The number of benzene rings is 1. The third-order valence-electron chi connectivity index (χ3n) is 4.10. The summed E-state index contributed by atoms with van der Waals surface area (Å²) in [5.41, 5.74) is 5.19. The van der Waals surface area contributed by atoms with Gasteiger partial charge in [-0.15, -0.1) is 5.10 Å². The Balaban J connectivity index is 1.87. The summed E-state index contributed by atoms with van der Waals surface area (Å²) in [5.74, 6) is -0.631. The summed E-state index contributed by atoms with van der Waals surface area (Å²) in [6.07, 6.45) is 1.55. The van der Waals surface area contributed by atoms with Crippen LogP contribution in [0.4, 0.5) is 5.82 Å². The van der Waals surface area contributed by atoms with Crippen LogP contribution < -0.4 is 17.0 Å². The Morgan fingerprint density at radius 2 is 1.81 bits per heavy atom. The summed E-state index contributed by atoms with van der Waals surface area (Å²) in [7, 11) is 2.72. The number of ketones is 1. The van der Waals surface area contributed by atoms with Crippen molar-refractivity contribution in [1.29, 1.82) is 0 Å². The monoisotopic (exact) mass is 386 g/mol. The van der Waals surface area contributed by atoms with Crippen molar-refractivity contribution in [1.82, 2.24) is 23.9 Å². The number of thioether (sulfide) groups is 1. The number of para-hydroxylation sites is 1. The quantitative estimate of drug-likeness (QED) is 0.504. The fraction of sp³-hybridized carbons (Fsp3) is 0.235. The number of hydrogen-bond donors (Lipinski definition) is 1. The Kier molecular flexibility index (Phi) is 5.00. The number of anilines is 1. The number of carbonyl (C=O) groups is 1. The maximum Gasteiger partial charge on any atom is 0.332 e. The Hall–Kier alpha value is -3.14. The van der Waals surface area contributed by atoms with Crippen molar-refractivity contribution in [3.05, 3.63) is 63.1 Å².